The molecule has 0 aliphatic heterocycles. The van der Waals surface area contributed by atoms with Crippen LogP contribution in [0.3, 0.4) is 0 Å². The van der Waals surface area contributed by atoms with Crippen LogP contribution in [0.25, 0.3) is 11.1 Å². The van der Waals surface area contributed by atoms with Crippen molar-refractivity contribution in [2.24, 2.45) is 0 Å². The first-order chi connectivity index (χ1) is 14.8. The van der Waals surface area contributed by atoms with Crippen LogP contribution < -0.4 is 0 Å². The molecule has 0 aliphatic rings. The van der Waals surface area contributed by atoms with E-state index in [0.717, 1.165) is 24.8 Å². The normalized spacial score (nSPS) is 12.9. The Hall–Kier alpha value is -1.92. The summed E-state index contributed by atoms with van der Waals surface area (Å²) in [7, 11) is 3.18. The van der Waals surface area contributed by atoms with Gasteiger partial charge >= 0.3 is 0 Å². The van der Waals surface area contributed by atoms with E-state index in [2.05, 4.69) is 6.92 Å². The lowest BCUT2D eigenvalue weighted by Gasteiger charge is -2.35. The Morgan fingerprint density at radius 1 is 0.806 bits per heavy atom. The Balaban J connectivity index is 2.26. The van der Waals surface area contributed by atoms with Gasteiger partial charge in [0.1, 0.15) is 0 Å². The summed E-state index contributed by atoms with van der Waals surface area (Å²) in [6.45, 7) is 4.05. The van der Waals surface area contributed by atoms with Crippen LogP contribution in [0.2, 0.25) is 0 Å². The first-order valence-electron chi connectivity index (χ1n) is 10.8. The number of unbranched alkanes of at least 4 members (excludes halogenated alkanes) is 5. The van der Waals surface area contributed by atoms with E-state index in [1.54, 1.807) is 38.5 Å². The quantitative estimate of drug-likeness (QED) is 0.110. The summed E-state index contributed by atoms with van der Waals surface area (Å²) in [6, 6.07) is 7.36. The van der Waals surface area contributed by atoms with Gasteiger partial charge in [0.25, 0.3) is 0 Å². The number of hydrogen-bond acceptors (Lipinski definition) is 2. The number of methoxy groups -OCH3 is 2. The van der Waals surface area contributed by atoms with Gasteiger partial charge in [-0.3, -0.25) is 0 Å². The molecule has 31 heavy (non-hydrogen) atoms. The molecule has 0 saturated heterocycles. The number of rotatable bonds is 12. The molecule has 0 fully saturated rings. The Labute approximate surface area is 182 Å². The molecule has 0 saturated carbocycles. The van der Waals surface area contributed by atoms with Gasteiger partial charge in [-0.2, -0.15) is 0 Å². The Morgan fingerprint density at radius 2 is 1.39 bits per heavy atom. The van der Waals surface area contributed by atoms with Crippen molar-refractivity contribution >= 4 is 0 Å². The zero-order valence-corrected chi connectivity index (χ0v) is 18.7. The maximum absolute atomic E-state index is 14.2. The number of benzene rings is 2. The fourth-order valence-corrected chi connectivity index (χ4v) is 3.91. The molecular weight excluding hydrogens is 408 g/mol. The average Bonchev–Trinajstić information content (AvgIpc) is 2.79. The molecule has 0 spiro atoms. The zero-order chi connectivity index (χ0) is 23.0. The first kappa shape index (κ1) is 25.3. The highest BCUT2D eigenvalue weighted by Gasteiger charge is 2.35. The van der Waals surface area contributed by atoms with Crippen molar-refractivity contribution < 1.29 is 27.0 Å². The minimum Gasteiger partial charge on any atom is -0.353 e. The van der Waals surface area contributed by atoms with E-state index in [0.29, 0.717) is 6.07 Å². The van der Waals surface area contributed by atoms with E-state index in [1.807, 2.05) is 6.92 Å². The molecule has 1 atom stereocenters. The molecule has 2 rings (SSSR count). The average molecular weight is 441 g/mol. The molecule has 0 heterocycles. The lowest BCUT2D eigenvalue weighted by atomic mass is 9.85. The molecule has 1 unspecified atom stereocenters. The second-order valence-electron chi connectivity index (χ2n) is 8.00. The first-order valence-corrected chi connectivity index (χ1v) is 10.8. The zero-order valence-electron chi connectivity index (χ0n) is 18.7. The van der Waals surface area contributed by atoms with E-state index < -0.39 is 29.1 Å². The van der Waals surface area contributed by atoms with Gasteiger partial charge in [-0.25, -0.2) is 17.6 Å². The van der Waals surface area contributed by atoms with Crippen LogP contribution in [0.4, 0.5) is 17.6 Å². The molecular formula is C25H32F4O2. The Bertz CT molecular complexity index is 832. The van der Waals surface area contributed by atoms with Crippen molar-refractivity contribution in [1.82, 2.24) is 0 Å². The summed E-state index contributed by atoms with van der Waals surface area (Å²) in [4.78, 5) is 0. The molecule has 172 valence electrons. The molecule has 0 radical (unpaired) electrons. The van der Waals surface area contributed by atoms with Crippen molar-refractivity contribution in [2.45, 2.75) is 70.5 Å². The minimum absolute atomic E-state index is 0.0886. The SMILES string of the molecule is CCCCCCCCC(c1ccc(-c2cc(F)c(F)c(F)c2F)cc1)C(C)(OC)OC. The summed E-state index contributed by atoms with van der Waals surface area (Å²) in [6.07, 6.45) is 7.77. The standard InChI is InChI=1S/C25H32F4O2/c1-5-6-7-8-9-10-11-20(25(2,30-3)31-4)18-14-12-17(13-15-18)19-16-21(26)23(28)24(29)22(19)27/h12-16,20H,5-11H2,1-4H3. The van der Waals surface area contributed by atoms with Gasteiger partial charge in [0, 0.05) is 25.7 Å². The maximum atomic E-state index is 14.2. The molecule has 0 N–H and O–H groups in total. The largest absolute Gasteiger partial charge is 0.353 e. The van der Waals surface area contributed by atoms with E-state index in [1.165, 1.54) is 25.7 Å². The lowest BCUT2D eigenvalue weighted by molar-refractivity contribution is -0.210. The summed E-state index contributed by atoms with van der Waals surface area (Å²) in [5.74, 6) is -7.41. The lowest BCUT2D eigenvalue weighted by Crippen LogP contribution is -2.37. The highest BCUT2D eigenvalue weighted by atomic mass is 19.2. The van der Waals surface area contributed by atoms with Crippen LogP contribution in [-0.4, -0.2) is 20.0 Å². The van der Waals surface area contributed by atoms with Crippen LogP contribution in [0.1, 0.15) is 70.3 Å². The van der Waals surface area contributed by atoms with Gasteiger partial charge in [0.2, 0.25) is 0 Å². The van der Waals surface area contributed by atoms with Crippen molar-refractivity contribution in [3.8, 4) is 11.1 Å². The molecule has 2 aromatic carbocycles. The van der Waals surface area contributed by atoms with Gasteiger partial charge in [0.05, 0.1) is 0 Å². The van der Waals surface area contributed by atoms with Gasteiger partial charge in [-0.15, -0.1) is 0 Å². The summed E-state index contributed by atoms with van der Waals surface area (Å²) in [5, 5.41) is 0. The van der Waals surface area contributed by atoms with Crippen molar-refractivity contribution in [1.29, 1.82) is 0 Å². The van der Waals surface area contributed by atoms with Crippen LogP contribution in [0.15, 0.2) is 30.3 Å². The maximum Gasteiger partial charge on any atom is 0.198 e. The van der Waals surface area contributed by atoms with Crippen LogP contribution in [0.5, 0.6) is 0 Å². The van der Waals surface area contributed by atoms with E-state index >= 15 is 0 Å². The molecule has 0 amide bonds. The second kappa shape index (κ2) is 11.6. The monoisotopic (exact) mass is 440 g/mol. The van der Waals surface area contributed by atoms with Crippen LogP contribution in [-0.2, 0) is 9.47 Å². The van der Waals surface area contributed by atoms with Gasteiger partial charge < -0.3 is 9.47 Å². The summed E-state index contributed by atoms with van der Waals surface area (Å²) in [5.41, 5.74) is 0.845. The van der Waals surface area contributed by atoms with Gasteiger partial charge in [-0.1, -0.05) is 69.7 Å². The topological polar surface area (TPSA) is 18.5 Å². The molecule has 0 bridgehead atoms. The fourth-order valence-electron chi connectivity index (χ4n) is 3.91. The second-order valence-corrected chi connectivity index (χ2v) is 8.00. The number of halogens is 4. The fraction of sp³-hybridized carbons (Fsp3) is 0.520. The molecule has 0 aliphatic carbocycles. The molecule has 2 aromatic rings. The smallest absolute Gasteiger partial charge is 0.198 e. The highest BCUT2D eigenvalue weighted by Crippen LogP contribution is 2.37. The number of ether oxygens (including phenoxy) is 2. The van der Waals surface area contributed by atoms with Gasteiger partial charge in [0.15, 0.2) is 29.1 Å². The van der Waals surface area contributed by atoms with Gasteiger partial charge in [-0.05, 0) is 30.5 Å². The third kappa shape index (κ3) is 6.07. The van der Waals surface area contributed by atoms with Crippen LogP contribution in [0, 0.1) is 23.3 Å². The Kier molecular flexibility index (Phi) is 9.51. The molecule has 6 heteroatoms. The van der Waals surface area contributed by atoms with E-state index in [-0.39, 0.29) is 17.0 Å². The van der Waals surface area contributed by atoms with Crippen LogP contribution >= 0.6 is 0 Å². The van der Waals surface area contributed by atoms with Crippen molar-refractivity contribution in [3.63, 3.8) is 0 Å². The van der Waals surface area contributed by atoms with Crippen molar-refractivity contribution in [2.75, 3.05) is 14.2 Å². The predicted molar refractivity (Wildman–Crippen MR) is 115 cm³/mol. The highest BCUT2D eigenvalue weighted by molar-refractivity contribution is 5.65. The number of hydrogen-bond donors (Lipinski definition) is 0. The predicted octanol–water partition coefficient (Wildman–Crippen LogP) is 7.75. The third-order valence-electron chi connectivity index (χ3n) is 6.02. The van der Waals surface area contributed by atoms with E-state index in [4.69, 9.17) is 9.47 Å². The third-order valence-corrected chi connectivity index (χ3v) is 6.02. The summed E-state index contributed by atoms with van der Waals surface area (Å²) >= 11 is 0. The van der Waals surface area contributed by atoms with E-state index in [9.17, 15) is 17.6 Å². The molecule has 0 aromatic heterocycles. The minimum atomic E-state index is -1.81. The van der Waals surface area contributed by atoms with Crippen molar-refractivity contribution in [3.05, 3.63) is 59.2 Å². The molecule has 2 nitrogen and oxygen atoms in total. The Morgan fingerprint density at radius 3 is 1.97 bits per heavy atom. The summed E-state index contributed by atoms with van der Waals surface area (Å²) < 4.78 is 65.9.